The van der Waals surface area contributed by atoms with Gasteiger partial charge in [0.05, 0.1) is 5.69 Å². The Hall–Kier alpha value is -3.22. The van der Waals surface area contributed by atoms with Crippen molar-refractivity contribution in [1.29, 1.82) is 0 Å². The van der Waals surface area contributed by atoms with Crippen molar-refractivity contribution >= 4 is 17.5 Å². The molecule has 4 rings (SSSR count). The van der Waals surface area contributed by atoms with Crippen molar-refractivity contribution in [3.63, 3.8) is 0 Å². The van der Waals surface area contributed by atoms with Gasteiger partial charge in [0.15, 0.2) is 11.5 Å². The standard InChI is InChI=1S/C19H18N2O5/c1-11-3-5-14-13(7-11)21-18(23)19(2,26-14)17(22)20-9-12-4-6-15-16(8-12)25-10-24-15/h3-8H,9-10H2,1-2H3,(H,20,22)(H,21,23). The number of aryl methyl sites for hydroxylation is 1. The van der Waals surface area contributed by atoms with Crippen LogP contribution in [0.1, 0.15) is 18.1 Å². The number of ether oxygens (including phenoxy) is 3. The molecule has 0 saturated carbocycles. The second-order valence-corrected chi connectivity index (χ2v) is 6.46. The predicted molar refractivity (Wildman–Crippen MR) is 93.3 cm³/mol. The molecule has 2 aliphatic heterocycles. The highest BCUT2D eigenvalue weighted by atomic mass is 16.7. The number of rotatable bonds is 3. The first-order valence-electron chi connectivity index (χ1n) is 8.24. The van der Waals surface area contributed by atoms with Gasteiger partial charge in [-0.2, -0.15) is 0 Å². The van der Waals surface area contributed by atoms with Crippen molar-refractivity contribution in [3.05, 3.63) is 47.5 Å². The molecule has 7 nitrogen and oxygen atoms in total. The zero-order chi connectivity index (χ0) is 18.3. The van der Waals surface area contributed by atoms with Gasteiger partial charge < -0.3 is 24.8 Å². The van der Waals surface area contributed by atoms with Crippen molar-refractivity contribution in [1.82, 2.24) is 5.32 Å². The van der Waals surface area contributed by atoms with Gasteiger partial charge in [-0.25, -0.2) is 0 Å². The maximum atomic E-state index is 12.7. The van der Waals surface area contributed by atoms with E-state index in [0.29, 0.717) is 22.9 Å². The Morgan fingerprint density at radius 2 is 1.92 bits per heavy atom. The highest BCUT2D eigenvalue weighted by Gasteiger charge is 2.47. The summed E-state index contributed by atoms with van der Waals surface area (Å²) in [5.41, 5.74) is 0.747. The number of anilines is 1. The highest BCUT2D eigenvalue weighted by molar-refractivity contribution is 6.15. The van der Waals surface area contributed by atoms with Gasteiger partial charge in [-0.15, -0.1) is 0 Å². The van der Waals surface area contributed by atoms with Gasteiger partial charge >= 0.3 is 0 Å². The second kappa shape index (κ2) is 5.94. The fourth-order valence-electron chi connectivity index (χ4n) is 2.89. The predicted octanol–water partition coefficient (Wildman–Crippen LogP) is 2.13. The molecule has 0 aromatic heterocycles. The number of fused-ring (bicyclic) bond motifs is 2. The first-order chi connectivity index (χ1) is 12.5. The summed E-state index contributed by atoms with van der Waals surface area (Å²) in [6, 6.07) is 10.8. The van der Waals surface area contributed by atoms with Crippen LogP contribution in [0.4, 0.5) is 5.69 Å². The zero-order valence-electron chi connectivity index (χ0n) is 14.4. The first-order valence-corrected chi connectivity index (χ1v) is 8.24. The minimum atomic E-state index is -1.64. The van der Waals surface area contributed by atoms with Crippen LogP contribution in [0.2, 0.25) is 0 Å². The smallest absolute Gasteiger partial charge is 0.278 e. The molecule has 2 N–H and O–H groups in total. The van der Waals surface area contributed by atoms with Gasteiger partial charge in [0.25, 0.3) is 17.4 Å². The third-order valence-corrected chi connectivity index (χ3v) is 4.45. The molecule has 2 aromatic rings. The van der Waals surface area contributed by atoms with Crippen LogP contribution in [-0.4, -0.2) is 24.2 Å². The molecule has 2 heterocycles. The molecule has 1 unspecified atom stereocenters. The Labute approximate surface area is 150 Å². The SMILES string of the molecule is Cc1ccc2c(c1)NC(=O)C(C)(C(=O)NCc1ccc3c(c1)OCO3)O2. The lowest BCUT2D eigenvalue weighted by Gasteiger charge is -2.33. The summed E-state index contributed by atoms with van der Waals surface area (Å²) in [5.74, 6) is 0.765. The van der Waals surface area contributed by atoms with E-state index in [1.807, 2.05) is 19.1 Å². The van der Waals surface area contributed by atoms with Crippen LogP contribution in [0, 0.1) is 6.92 Å². The van der Waals surface area contributed by atoms with Crippen molar-refractivity contribution in [3.8, 4) is 17.2 Å². The van der Waals surface area contributed by atoms with E-state index in [1.54, 1.807) is 24.3 Å². The van der Waals surface area contributed by atoms with Gasteiger partial charge in [0.2, 0.25) is 6.79 Å². The topological polar surface area (TPSA) is 85.9 Å². The molecule has 7 heteroatoms. The summed E-state index contributed by atoms with van der Waals surface area (Å²) in [6.07, 6.45) is 0. The lowest BCUT2D eigenvalue weighted by atomic mass is 10.0. The molecule has 0 bridgehead atoms. The van der Waals surface area contributed by atoms with Crippen molar-refractivity contribution < 1.29 is 23.8 Å². The van der Waals surface area contributed by atoms with Gasteiger partial charge in [0.1, 0.15) is 5.75 Å². The summed E-state index contributed by atoms with van der Waals surface area (Å²) < 4.78 is 16.3. The lowest BCUT2D eigenvalue weighted by Crippen LogP contribution is -2.58. The van der Waals surface area contributed by atoms with Gasteiger partial charge in [-0.1, -0.05) is 12.1 Å². The molecule has 0 spiro atoms. The second-order valence-electron chi connectivity index (χ2n) is 6.46. The average Bonchev–Trinajstić information content (AvgIpc) is 3.08. The number of amides is 2. The summed E-state index contributed by atoms with van der Waals surface area (Å²) >= 11 is 0. The van der Waals surface area contributed by atoms with Crippen molar-refractivity contribution in [2.24, 2.45) is 0 Å². The molecule has 134 valence electrons. The van der Waals surface area contributed by atoms with E-state index in [1.165, 1.54) is 6.92 Å². The van der Waals surface area contributed by atoms with E-state index >= 15 is 0 Å². The fourth-order valence-corrected chi connectivity index (χ4v) is 2.89. The third-order valence-electron chi connectivity index (χ3n) is 4.45. The number of hydrogen-bond acceptors (Lipinski definition) is 5. The Bertz CT molecular complexity index is 911. The number of carbonyl (C=O) groups is 2. The third kappa shape index (κ3) is 2.71. The number of nitrogens with one attached hydrogen (secondary N) is 2. The normalized spacial score (nSPS) is 20.0. The maximum absolute atomic E-state index is 12.7. The van der Waals surface area contributed by atoms with Gasteiger partial charge in [-0.3, -0.25) is 9.59 Å². The Kier molecular flexibility index (Phi) is 3.72. The fraction of sp³-hybridized carbons (Fsp3) is 0.263. The molecule has 2 amide bonds. The van der Waals surface area contributed by atoms with Crippen LogP contribution in [0.15, 0.2) is 36.4 Å². The van der Waals surface area contributed by atoms with Crippen LogP contribution in [-0.2, 0) is 16.1 Å². The minimum absolute atomic E-state index is 0.191. The van der Waals surface area contributed by atoms with E-state index in [0.717, 1.165) is 11.1 Å². The molecular weight excluding hydrogens is 336 g/mol. The van der Waals surface area contributed by atoms with Crippen molar-refractivity contribution in [2.75, 3.05) is 12.1 Å². The number of hydrogen-bond donors (Lipinski definition) is 2. The van der Waals surface area contributed by atoms with Gasteiger partial charge in [-0.05, 0) is 49.2 Å². The van der Waals surface area contributed by atoms with E-state index in [9.17, 15) is 9.59 Å². The summed E-state index contributed by atoms with van der Waals surface area (Å²) in [4.78, 5) is 25.1. The first kappa shape index (κ1) is 16.3. The molecular formula is C19H18N2O5. The molecule has 26 heavy (non-hydrogen) atoms. The molecule has 0 saturated heterocycles. The number of benzene rings is 2. The van der Waals surface area contributed by atoms with E-state index in [4.69, 9.17) is 14.2 Å². The van der Waals surface area contributed by atoms with E-state index in [2.05, 4.69) is 10.6 Å². The summed E-state index contributed by atoms with van der Waals surface area (Å²) in [7, 11) is 0. The quantitative estimate of drug-likeness (QED) is 0.825. The van der Waals surface area contributed by atoms with E-state index in [-0.39, 0.29) is 13.3 Å². The molecule has 0 radical (unpaired) electrons. The van der Waals surface area contributed by atoms with E-state index < -0.39 is 17.4 Å². The maximum Gasteiger partial charge on any atom is 0.278 e. The zero-order valence-corrected chi connectivity index (χ0v) is 14.4. The summed E-state index contributed by atoms with van der Waals surface area (Å²) in [6.45, 7) is 3.80. The van der Waals surface area contributed by atoms with Crippen molar-refractivity contribution in [2.45, 2.75) is 26.0 Å². The van der Waals surface area contributed by atoms with Gasteiger partial charge in [0, 0.05) is 6.54 Å². The monoisotopic (exact) mass is 354 g/mol. The molecule has 0 fully saturated rings. The largest absolute Gasteiger partial charge is 0.466 e. The van der Waals surface area contributed by atoms with Crippen LogP contribution in [0.25, 0.3) is 0 Å². The Balaban J connectivity index is 1.48. The Morgan fingerprint density at radius 3 is 2.77 bits per heavy atom. The lowest BCUT2D eigenvalue weighted by molar-refractivity contribution is -0.146. The highest BCUT2D eigenvalue weighted by Crippen LogP contribution is 2.35. The Morgan fingerprint density at radius 1 is 1.15 bits per heavy atom. The molecule has 0 aliphatic carbocycles. The minimum Gasteiger partial charge on any atom is -0.466 e. The van der Waals surface area contributed by atoms with Crippen LogP contribution >= 0.6 is 0 Å². The van der Waals surface area contributed by atoms with Crippen LogP contribution < -0.4 is 24.8 Å². The van der Waals surface area contributed by atoms with Crippen LogP contribution in [0.5, 0.6) is 17.2 Å². The average molecular weight is 354 g/mol. The molecule has 1 atom stereocenters. The molecule has 2 aromatic carbocycles. The molecule has 2 aliphatic rings. The van der Waals surface area contributed by atoms with Crippen LogP contribution in [0.3, 0.4) is 0 Å². The summed E-state index contributed by atoms with van der Waals surface area (Å²) in [5, 5.41) is 5.49. The number of carbonyl (C=O) groups excluding carboxylic acids is 2.